The zero-order chi connectivity index (χ0) is 13.8. The van der Waals surface area contributed by atoms with E-state index in [0.717, 1.165) is 12.0 Å². The van der Waals surface area contributed by atoms with E-state index in [-0.39, 0.29) is 29.7 Å². The molecule has 0 bridgehead atoms. The molecule has 1 unspecified atom stereocenters. The molecule has 1 rings (SSSR count). The largest absolute Gasteiger partial charge is 0.348 e. The SMILES string of the molecule is CC(C)(C)CC(NC(=O)CN)c1ccc(F)cc1. The molecule has 0 heterocycles. The van der Waals surface area contributed by atoms with E-state index in [1.54, 1.807) is 12.1 Å². The standard InChI is InChI=1S/C14H21FN2O/c1-14(2,3)8-12(17-13(18)9-16)10-4-6-11(15)7-5-10/h4-7,12H,8-9,16H2,1-3H3,(H,17,18). The summed E-state index contributed by atoms with van der Waals surface area (Å²) < 4.78 is 12.9. The minimum Gasteiger partial charge on any atom is -0.348 e. The first-order valence-corrected chi connectivity index (χ1v) is 6.07. The molecule has 0 radical (unpaired) electrons. The first-order valence-electron chi connectivity index (χ1n) is 6.07. The van der Waals surface area contributed by atoms with Crippen LogP contribution in [-0.4, -0.2) is 12.5 Å². The lowest BCUT2D eigenvalue weighted by Gasteiger charge is -2.27. The van der Waals surface area contributed by atoms with Gasteiger partial charge in [0, 0.05) is 0 Å². The molecule has 0 fully saturated rings. The molecule has 1 aromatic rings. The predicted molar refractivity (Wildman–Crippen MR) is 70.4 cm³/mol. The summed E-state index contributed by atoms with van der Waals surface area (Å²) in [5.41, 5.74) is 6.27. The van der Waals surface area contributed by atoms with Crippen LogP contribution in [0.5, 0.6) is 0 Å². The minimum absolute atomic E-state index is 0.0398. The quantitative estimate of drug-likeness (QED) is 0.864. The third-order valence-electron chi connectivity index (χ3n) is 2.61. The Kier molecular flexibility index (Phi) is 4.84. The molecule has 0 aromatic heterocycles. The summed E-state index contributed by atoms with van der Waals surface area (Å²) in [6.07, 6.45) is 0.768. The molecule has 1 aromatic carbocycles. The Labute approximate surface area is 108 Å². The minimum atomic E-state index is -0.279. The highest BCUT2D eigenvalue weighted by atomic mass is 19.1. The van der Waals surface area contributed by atoms with E-state index in [9.17, 15) is 9.18 Å². The molecule has 0 aliphatic carbocycles. The van der Waals surface area contributed by atoms with Crippen molar-refractivity contribution in [1.29, 1.82) is 0 Å². The molecular formula is C14H21FN2O. The van der Waals surface area contributed by atoms with Gasteiger partial charge in [-0.05, 0) is 29.5 Å². The zero-order valence-corrected chi connectivity index (χ0v) is 11.2. The third kappa shape index (κ3) is 4.84. The molecule has 0 aliphatic rings. The fourth-order valence-electron chi connectivity index (χ4n) is 1.81. The maximum absolute atomic E-state index is 12.9. The van der Waals surface area contributed by atoms with Crippen molar-refractivity contribution in [1.82, 2.24) is 5.32 Å². The van der Waals surface area contributed by atoms with Crippen molar-refractivity contribution in [3.63, 3.8) is 0 Å². The lowest BCUT2D eigenvalue weighted by Crippen LogP contribution is -2.35. The van der Waals surface area contributed by atoms with Gasteiger partial charge in [-0.1, -0.05) is 32.9 Å². The van der Waals surface area contributed by atoms with Crippen LogP contribution in [0.1, 0.15) is 38.8 Å². The first-order chi connectivity index (χ1) is 8.31. The van der Waals surface area contributed by atoms with Gasteiger partial charge in [-0.2, -0.15) is 0 Å². The Morgan fingerprint density at radius 1 is 1.33 bits per heavy atom. The van der Waals surface area contributed by atoms with E-state index in [1.165, 1.54) is 12.1 Å². The highest BCUT2D eigenvalue weighted by Gasteiger charge is 2.21. The molecule has 1 amide bonds. The van der Waals surface area contributed by atoms with Crippen molar-refractivity contribution in [2.24, 2.45) is 11.1 Å². The van der Waals surface area contributed by atoms with Crippen molar-refractivity contribution >= 4 is 5.91 Å². The second-order valence-corrected chi connectivity index (χ2v) is 5.64. The smallest absolute Gasteiger partial charge is 0.234 e. The third-order valence-corrected chi connectivity index (χ3v) is 2.61. The highest BCUT2D eigenvalue weighted by molar-refractivity contribution is 5.78. The number of benzene rings is 1. The maximum atomic E-state index is 12.9. The van der Waals surface area contributed by atoms with Crippen LogP contribution in [0, 0.1) is 11.2 Å². The average molecular weight is 252 g/mol. The highest BCUT2D eigenvalue weighted by Crippen LogP contribution is 2.29. The molecule has 4 heteroatoms. The van der Waals surface area contributed by atoms with Crippen LogP contribution < -0.4 is 11.1 Å². The van der Waals surface area contributed by atoms with E-state index in [2.05, 4.69) is 26.1 Å². The molecule has 0 spiro atoms. The van der Waals surface area contributed by atoms with E-state index >= 15 is 0 Å². The fourth-order valence-corrected chi connectivity index (χ4v) is 1.81. The molecule has 1 atom stereocenters. The number of amides is 1. The predicted octanol–water partition coefficient (Wildman–Crippen LogP) is 2.38. The normalized spacial score (nSPS) is 13.2. The van der Waals surface area contributed by atoms with Gasteiger partial charge in [0.15, 0.2) is 0 Å². The van der Waals surface area contributed by atoms with Gasteiger partial charge in [0.1, 0.15) is 5.82 Å². The van der Waals surface area contributed by atoms with Crippen LogP contribution in [0.25, 0.3) is 0 Å². The van der Waals surface area contributed by atoms with Crippen LogP contribution in [0.15, 0.2) is 24.3 Å². The Bertz CT molecular complexity index is 395. The van der Waals surface area contributed by atoms with Gasteiger partial charge < -0.3 is 11.1 Å². The van der Waals surface area contributed by atoms with Gasteiger partial charge in [-0.25, -0.2) is 4.39 Å². The summed E-state index contributed by atoms with van der Waals surface area (Å²) in [5, 5.41) is 2.87. The average Bonchev–Trinajstić information content (AvgIpc) is 2.27. The number of rotatable bonds is 4. The van der Waals surface area contributed by atoms with Crippen LogP contribution >= 0.6 is 0 Å². The topological polar surface area (TPSA) is 55.1 Å². The van der Waals surface area contributed by atoms with Crippen molar-refractivity contribution in [3.05, 3.63) is 35.6 Å². The Morgan fingerprint density at radius 2 is 1.89 bits per heavy atom. The molecule has 100 valence electrons. The number of hydrogen-bond acceptors (Lipinski definition) is 2. The molecule has 0 aliphatic heterocycles. The number of halogens is 1. The van der Waals surface area contributed by atoms with Gasteiger partial charge in [0.25, 0.3) is 0 Å². The molecule has 3 N–H and O–H groups in total. The van der Waals surface area contributed by atoms with Gasteiger partial charge in [0.05, 0.1) is 12.6 Å². The summed E-state index contributed by atoms with van der Waals surface area (Å²) in [5.74, 6) is -0.480. The molecule has 0 saturated carbocycles. The van der Waals surface area contributed by atoms with Crippen LogP contribution in [0.4, 0.5) is 4.39 Å². The zero-order valence-electron chi connectivity index (χ0n) is 11.2. The van der Waals surface area contributed by atoms with E-state index in [0.29, 0.717) is 0 Å². The Morgan fingerprint density at radius 3 is 2.33 bits per heavy atom. The summed E-state index contributed by atoms with van der Waals surface area (Å²) in [4.78, 5) is 11.4. The van der Waals surface area contributed by atoms with Crippen LogP contribution in [0.3, 0.4) is 0 Å². The van der Waals surface area contributed by atoms with Gasteiger partial charge in [-0.15, -0.1) is 0 Å². The van der Waals surface area contributed by atoms with Crippen molar-refractivity contribution in [2.75, 3.05) is 6.54 Å². The van der Waals surface area contributed by atoms with Gasteiger partial charge >= 0.3 is 0 Å². The lowest BCUT2D eigenvalue weighted by atomic mass is 9.85. The maximum Gasteiger partial charge on any atom is 0.234 e. The van der Waals surface area contributed by atoms with Crippen molar-refractivity contribution in [2.45, 2.75) is 33.2 Å². The fraction of sp³-hybridized carbons (Fsp3) is 0.500. The number of nitrogens with two attached hydrogens (primary N) is 1. The number of nitrogens with one attached hydrogen (secondary N) is 1. The molecule has 0 saturated heterocycles. The summed E-state index contributed by atoms with van der Waals surface area (Å²) in [6, 6.07) is 6.06. The second kappa shape index (κ2) is 5.96. The summed E-state index contributed by atoms with van der Waals surface area (Å²) in [6.45, 7) is 6.25. The molecule has 3 nitrogen and oxygen atoms in total. The molecule has 18 heavy (non-hydrogen) atoms. The monoisotopic (exact) mass is 252 g/mol. The number of hydrogen-bond donors (Lipinski definition) is 2. The van der Waals surface area contributed by atoms with Crippen molar-refractivity contribution in [3.8, 4) is 0 Å². The summed E-state index contributed by atoms with van der Waals surface area (Å²) in [7, 11) is 0. The molecular weight excluding hydrogens is 231 g/mol. The lowest BCUT2D eigenvalue weighted by molar-refractivity contribution is -0.120. The Hall–Kier alpha value is -1.42. The number of carbonyl (C=O) groups is 1. The van der Waals surface area contributed by atoms with E-state index < -0.39 is 0 Å². The van der Waals surface area contributed by atoms with E-state index in [1.807, 2.05) is 0 Å². The number of carbonyl (C=O) groups excluding carboxylic acids is 1. The van der Waals surface area contributed by atoms with E-state index in [4.69, 9.17) is 5.73 Å². The van der Waals surface area contributed by atoms with Gasteiger partial charge in [-0.3, -0.25) is 4.79 Å². The second-order valence-electron chi connectivity index (χ2n) is 5.64. The summed E-state index contributed by atoms with van der Waals surface area (Å²) >= 11 is 0. The Balaban J connectivity index is 2.89. The first kappa shape index (κ1) is 14.6. The van der Waals surface area contributed by atoms with Gasteiger partial charge in [0.2, 0.25) is 5.91 Å². The van der Waals surface area contributed by atoms with Crippen molar-refractivity contribution < 1.29 is 9.18 Å². The van der Waals surface area contributed by atoms with Crippen LogP contribution in [-0.2, 0) is 4.79 Å². The van der Waals surface area contributed by atoms with Crippen LogP contribution in [0.2, 0.25) is 0 Å².